The zero-order valence-corrected chi connectivity index (χ0v) is 13.0. The molecule has 0 aliphatic carbocycles. The van der Waals surface area contributed by atoms with Crippen molar-refractivity contribution in [3.8, 4) is 0 Å². The molecule has 0 saturated carbocycles. The Morgan fingerprint density at radius 1 is 1.29 bits per heavy atom. The summed E-state index contributed by atoms with van der Waals surface area (Å²) in [6.45, 7) is 1.87. The average molecular weight is 325 g/mol. The van der Waals surface area contributed by atoms with Gasteiger partial charge >= 0.3 is 5.97 Å². The summed E-state index contributed by atoms with van der Waals surface area (Å²) in [4.78, 5) is 11.4. The molecule has 0 atom stereocenters. The Kier molecular flexibility index (Phi) is 4.76. The van der Waals surface area contributed by atoms with E-state index in [1.807, 2.05) is 30.3 Å². The van der Waals surface area contributed by atoms with Gasteiger partial charge in [-0.2, -0.15) is 0 Å². The molecule has 1 heterocycles. The SMILES string of the molecule is Cc1sc(C(=O)O)cc1S(=O)(=O)NCCc1ccccc1. The monoisotopic (exact) mass is 325 g/mol. The standard InChI is InChI=1S/C14H15NO4S2/c1-10-13(9-12(20-10)14(16)17)21(18,19)15-8-7-11-5-3-2-4-6-11/h2-6,9,15H,7-8H2,1H3,(H,16,17). The second-order valence-electron chi connectivity index (χ2n) is 4.47. The molecular formula is C14H15NO4S2. The number of benzene rings is 1. The van der Waals surface area contributed by atoms with E-state index in [-0.39, 0.29) is 16.3 Å². The Bertz CT molecular complexity index is 736. The van der Waals surface area contributed by atoms with E-state index in [0.29, 0.717) is 11.3 Å². The maximum Gasteiger partial charge on any atom is 0.345 e. The van der Waals surface area contributed by atoms with Crippen LogP contribution in [0.3, 0.4) is 0 Å². The van der Waals surface area contributed by atoms with Crippen LogP contribution in [0.1, 0.15) is 20.1 Å². The second-order valence-corrected chi connectivity index (χ2v) is 7.46. The number of nitrogens with one attached hydrogen (secondary N) is 1. The normalized spacial score (nSPS) is 11.5. The van der Waals surface area contributed by atoms with E-state index in [1.165, 1.54) is 6.07 Å². The predicted octanol–water partition coefficient (Wildman–Crippen LogP) is 2.28. The molecule has 0 bridgehead atoms. The minimum atomic E-state index is -3.68. The zero-order valence-electron chi connectivity index (χ0n) is 11.4. The summed E-state index contributed by atoms with van der Waals surface area (Å²) in [5, 5.41) is 8.91. The first-order chi connectivity index (χ1) is 9.90. The molecule has 0 radical (unpaired) electrons. The van der Waals surface area contributed by atoms with Crippen molar-refractivity contribution in [1.82, 2.24) is 4.72 Å². The molecule has 112 valence electrons. The molecule has 0 unspecified atom stereocenters. The maximum absolute atomic E-state index is 12.2. The Morgan fingerprint density at radius 3 is 2.52 bits per heavy atom. The van der Waals surface area contributed by atoms with Crippen molar-refractivity contribution in [2.75, 3.05) is 6.54 Å². The number of carbonyl (C=O) groups is 1. The van der Waals surface area contributed by atoms with Gasteiger partial charge in [-0.3, -0.25) is 0 Å². The zero-order chi connectivity index (χ0) is 15.5. The Morgan fingerprint density at radius 2 is 1.95 bits per heavy atom. The third-order valence-corrected chi connectivity index (χ3v) is 5.68. The molecule has 1 aromatic heterocycles. The van der Waals surface area contributed by atoms with Gasteiger partial charge in [0.05, 0.1) is 4.90 Å². The van der Waals surface area contributed by atoms with E-state index in [9.17, 15) is 13.2 Å². The fraction of sp³-hybridized carbons (Fsp3) is 0.214. The maximum atomic E-state index is 12.2. The summed E-state index contributed by atoms with van der Waals surface area (Å²) in [5.41, 5.74) is 1.04. The van der Waals surface area contributed by atoms with Crippen molar-refractivity contribution < 1.29 is 18.3 Å². The lowest BCUT2D eigenvalue weighted by molar-refractivity contribution is 0.0702. The molecule has 21 heavy (non-hydrogen) atoms. The van der Waals surface area contributed by atoms with Gasteiger partial charge in [-0.15, -0.1) is 11.3 Å². The number of sulfonamides is 1. The Balaban J connectivity index is 2.07. The van der Waals surface area contributed by atoms with Gasteiger partial charge in [0.2, 0.25) is 10.0 Å². The first-order valence-corrected chi connectivity index (χ1v) is 8.57. The Hall–Kier alpha value is -1.70. The van der Waals surface area contributed by atoms with E-state index in [1.54, 1.807) is 6.92 Å². The van der Waals surface area contributed by atoms with Crippen LogP contribution in [0.4, 0.5) is 0 Å². The topological polar surface area (TPSA) is 83.5 Å². The van der Waals surface area contributed by atoms with Crippen LogP contribution in [0.5, 0.6) is 0 Å². The van der Waals surface area contributed by atoms with Gasteiger partial charge in [-0.1, -0.05) is 30.3 Å². The number of thiophene rings is 1. The molecule has 0 spiro atoms. The molecule has 2 aromatic rings. The lowest BCUT2D eigenvalue weighted by atomic mass is 10.2. The summed E-state index contributed by atoms with van der Waals surface area (Å²) in [6, 6.07) is 10.7. The van der Waals surface area contributed by atoms with Crippen molar-refractivity contribution in [3.05, 3.63) is 51.7 Å². The molecule has 7 heteroatoms. The number of aromatic carboxylic acids is 1. The first kappa shape index (κ1) is 15.7. The van der Waals surface area contributed by atoms with Crippen LogP contribution in [0, 0.1) is 6.92 Å². The fourth-order valence-corrected chi connectivity index (χ4v) is 4.35. The van der Waals surface area contributed by atoms with Gasteiger partial charge in [0, 0.05) is 11.4 Å². The molecule has 0 amide bonds. The summed E-state index contributed by atoms with van der Waals surface area (Å²) < 4.78 is 26.9. The van der Waals surface area contributed by atoms with Crippen LogP contribution >= 0.6 is 11.3 Å². The van der Waals surface area contributed by atoms with Gasteiger partial charge in [0.25, 0.3) is 0 Å². The van der Waals surface area contributed by atoms with Crippen molar-refractivity contribution in [3.63, 3.8) is 0 Å². The number of rotatable bonds is 6. The van der Waals surface area contributed by atoms with E-state index in [2.05, 4.69) is 4.72 Å². The quantitative estimate of drug-likeness (QED) is 0.853. The smallest absolute Gasteiger partial charge is 0.345 e. The highest BCUT2D eigenvalue weighted by atomic mass is 32.2. The first-order valence-electron chi connectivity index (χ1n) is 6.27. The van der Waals surface area contributed by atoms with Crippen molar-refractivity contribution in [2.24, 2.45) is 0 Å². The van der Waals surface area contributed by atoms with E-state index in [4.69, 9.17) is 5.11 Å². The summed E-state index contributed by atoms with van der Waals surface area (Å²) in [5.74, 6) is -1.12. The highest BCUT2D eigenvalue weighted by Gasteiger charge is 2.21. The van der Waals surface area contributed by atoms with Gasteiger partial charge in [-0.25, -0.2) is 17.9 Å². The van der Waals surface area contributed by atoms with Crippen molar-refractivity contribution in [1.29, 1.82) is 0 Å². The number of hydrogen-bond donors (Lipinski definition) is 2. The molecule has 0 saturated heterocycles. The van der Waals surface area contributed by atoms with Crippen LogP contribution in [-0.4, -0.2) is 26.0 Å². The number of aryl methyl sites for hydroxylation is 1. The lowest BCUT2D eigenvalue weighted by Crippen LogP contribution is -2.26. The molecule has 0 fully saturated rings. The molecule has 0 aliphatic heterocycles. The molecule has 0 aliphatic rings. The van der Waals surface area contributed by atoms with Gasteiger partial charge in [0.15, 0.2) is 0 Å². The highest BCUT2D eigenvalue weighted by molar-refractivity contribution is 7.89. The van der Waals surface area contributed by atoms with Gasteiger partial charge < -0.3 is 5.11 Å². The number of carboxylic acids is 1. The average Bonchev–Trinajstić information content (AvgIpc) is 2.83. The number of carboxylic acid groups (broad SMARTS) is 1. The Labute approximate surface area is 127 Å². The highest BCUT2D eigenvalue weighted by Crippen LogP contribution is 2.25. The largest absolute Gasteiger partial charge is 0.477 e. The minimum absolute atomic E-state index is 0.0240. The third-order valence-electron chi connectivity index (χ3n) is 2.92. The van der Waals surface area contributed by atoms with Gasteiger partial charge in [-0.05, 0) is 25.0 Å². The number of hydrogen-bond acceptors (Lipinski definition) is 4. The van der Waals surface area contributed by atoms with E-state index < -0.39 is 16.0 Å². The van der Waals surface area contributed by atoms with E-state index >= 15 is 0 Å². The van der Waals surface area contributed by atoms with E-state index in [0.717, 1.165) is 16.9 Å². The van der Waals surface area contributed by atoms with Crippen LogP contribution in [-0.2, 0) is 16.4 Å². The van der Waals surface area contributed by atoms with Crippen LogP contribution in [0.25, 0.3) is 0 Å². The molecule has 1 aromatic carbocycles. The van der Waals surface area contributed by atoms with Crippen LogP contribution < -0.4 is 4.72 Å². The van der Waals surface area contributed by atoms with Gasteiger partial charge in [0.1, 0.15) is 4.88 Å². The van der Waals surface area contributed by atoms with Crippen molar-refractivity contribution in [2.45, 2.75) is 18.2 Å². The lowest BCUT2D eigenvalue weighted by Gasteiger charge is -2.06. The summed E-state index contributed by atoms with van der Waals surface area (Å²) in [6.07, 6.45) is 0.578. The molecular weight excluding hydrogens is 310 g/mol. The molecule has 2 rings (SSSR count). The van der Waals surface area contributed by atoms with Crippen LogP contribution in [0.15, 0.2) is 41.3 Å². The van der Waals surface area contributed by atoms with Crippen LogP contribution in [0.2, 0.25) is 0 Å². The van der Waals surface area contributed by atoms with Crippen molar-refractivity contribution >= 4 is 27.3 Å². The molecule has 5 nitrogen and oxygen atoms in total. The predicted molar refractivity (Wildman–Crippen MR) is 81.3 cm³/mol. The molecule has 2 N–H and O–H groups in total. The fourth-order valence-electron chi connectivity index (χ4n) is 1.89. The minimum Gasteiger partial charge on any atom is -0.477 e. The third kappa shape index (κ3) is 3.90. The second kappa shape index (κ2) is 6.38. The summed E-state index contributed by atoms with van der Waals surface area (Å²) >= 11 is 0.960. The summed E-state index contributed by atoms with van der Waals surface area (Å²) in [7, 11) is -3.68.